The first-order valence-corrected chi connectivity index (χ1v) is 10.7. The van der Waals surface area contributed by atoms with Gasteiger partial charge in [0.2, 0.25) is 5.78 Å². The Labute approximate surface area is 166 Å². The fraction of sp³-hybridized carbons (Fsp3) is 0.375. The topological polar surface area (TPSA) is 26.7 Å². The number of benzene rings is 2. The normalized spacial score (nSPS) is 15.6. The lowest BCUT2D eigenvalue weighted by Crippen LogP contribution is -3.12. The first-order valence-electron chi connectivity index (χ1n) is 10.7. The van der Waals surface area contributed by atoms with Gasteiger partial charge < -0.3 is 9.47 Å². The largest absolute Gasteiger partial charge is 0.335 e. The smallest absolute Gasteiger partial charge is 0.215 e. The van der Waals surface area contributed by atoms with E-state index in [1.165, 1.54) is 67.7 Å². The fourth-order valence-corrected chi connectivity index (χ4v) is 4.61. The molecule has 2 aromatic heterocycles. The molecular formula is C24H29N4+. The zero-order chi connectivity index (χ0) is 18.9. The number of aromatic nitrogens is 3. The van der Waals surface area contributed by atoms with Crippen LogP contribution in [0.3, 0.4) is 0 Å². The lowest BCUT2D eigenvalue weighted by atomic mass is 10.1. The Kier molecular flexibility index (Phi) is 4.65. The Morgan fingerprint density at radius 3 is 2.57 bits per heavy atom. The Morgan fingerprint density at radius 1 is 0.964 bits per heavy atom. The zero-order valence-corrected chi connectivity index (χ0v) is 16.7. The molecule has 0 unspecified atom stereocenters. The maximum atomic E-state index is 4.96. The van der Waals surface area contributed by atoms with Crippen molar-refractivity contribution in [1.29, 1.82) is 0 Å². The molecular weight excluding hydrogens is 344 g/mol. The summed E-state index contributed by atoms with van der Waals surface area (Å²) >= 11 is 0. The van der Waals surface area contributed by atoms with Gasteiger partial charge in [0.15, 0.2) is 0 Å². The summed E-state index contributed by atoms with van der Waals surface area (Å²) in [6, 6.07) is 17.3. The zero-order valence-electron chi connectivity index (χ0n) is 16.7. The van der Waals surface area contributed by atoms with Crippen molar-refractivity contribution < 1.29 is 4.90 Å². The van der Waals surface area contributed by atoms with Gasteiger partial charge in [-0.25, -0.2) is 4.98 Å². The van der Waals surface area contributed by atoms with E-state index in [2.05, 4.69) is 70.6 Å². The van der Waals surface area contributed by atoms with Gasteiger partial charge in [-0.1, -0.05) is 42.0 Å². The van der Waals surface area contributed by atoms with Crippen LogP contribution in [0.25, 0.3) is 28.1 Å². The molecule has 28 heavy (non-hydrogen) atoms. The molecule has 0 aliphatic carbocycles. The van der Waals surface area contributed by atoms with E-state index in [0.29, 0.717) is 0 Å². The third kappa shape index (κ3) is 3.22. The highest BCUT2D eigenvalue weighted by Gasteiger charge is 2.17. The van der Waals surface area contributed by atoms with E-state index in [9.17, 15) is 0 Å². The Morgan fingerprint density at radius 2 is 1.75 bits per heavy atom. The van der Waals surface area contributed by atoms with Gasteiger partial charge in [0, 0.05) is 19.2 Å². The molecule has 0 amide bonds. The number of rotatable bonds is 5. The van der Waals surface area contributed by atoms with Crippen molar-refractivity contribution in [2.24, 2.45) is 0 Å². The molecule has 4 heteroatoms. The van der Waals surface area contributed by atoms with Gasteiger partial charge in [-0.2, -0.15) is 0 Å². The Bertz CT molecular complexity index is 1080. The molecule has 3 heterocycles. The van der Waals surface area contributed by atoms with E-state index in [4.69, 9.17) is 4.98 Å². The van der Waals surface area contributed by atoms with E-state index in [1.807, 2.05) is 0 Å². The number of imidazole rings is 2. The van der Waals surface area contributed by atoms with E-state index in [0.717, 1.165) is 17.8 Å². The first-order chi connectivity index (χ1) is 13.8. The standard InChI is InChI=1S/C24H28N4/c1-19-10-12-20(13-11-19)23-18-28-22-9-4-3-8-21(22)25-24(28)27(23)17-7-16-26-14-5-2-6-15-26/h3-4,8-13,18H,2,5-7,14-17H2,1H3/p+1. The van der Waals surface area contributed by atoms with Crippen LogP contribution in [0.5, 0.6) is 0 Å². The van der Waals surface area contributed by atoms with Crippen LogP contribution in [0.1, 0.15) is 31.2 Å². The van der Waals surface area contributed by atoms with Crippen LogP contribution in [-0.2, 0) is 6.54 Å². The van der Waals surface area contributed by atoms with Gasteiger partial charge in [0.25, 0.3) is 0 Å². The monoisotopic (exact) mass is 373 g/mol. The number of hydrogen-bond acceptors (Lipinski definition) is 1. The maximum Gasteiger partial charge on any atom is 0.215 e. The molecule has 1 aliphatic rings. The molecule has 1 saturated heterocycles. The summed E-state index contributed by atoms with van der Waals surface area (Å²) in [5.74, 6) is 1.06. The summed E-state index contributed by atoms with van der Waals surface area (Å²) in [6.07, 6.45) is 7.66. The van der Waals surface area contributed by atoms with Crippen LogP contribution in [0.2, 0.25) is 0 Å². The molecule has 144 valence electrons. The summed E-state index contributed by atoms with van der Waals surface area (Å²) in [5.41, 5.74) is 6.09. The molecule has 5 rings (SSSR count). The van der Waals surface area contributed by atoms with Gasteiger partial charge in [-0.3, -0.25) is 4.40 Å². The van der Waals surface area contributed by atoms with Crippen LogP contribution in [-0.4, -0.2) is 33.6 Å². The predicted molar refractivity (Wildman–Crippen MR) is 115 cm³/mol. The minimum atomic E-state index is 1.02. The number of quaternary nitrogens is 1. The van der Waals surface area contributed by atoms with Crippen LogP contribution < -0.4 is 4.90 Å². The van der Waals surface area contributed by atoms with Gasteiger partial charge in [-0.15, -0.1) is 0 Å². The number of para-hydroxylation sites is 2. The van der Waals surface area contributed by atoms with Gasteiger partial charge in [0.1, 0.15) is 0 Å². The van der Waals surface area contributed by atoms with Crippen molar-refractivity contribution in [3.8, 4) is 11.3 Å². The lowest BCUT2D eigenvalue weighted by Gasteiger charge is -2.23. The second-order valence-electron chi connectivity index (χ2n) is 8.22. The molecule has 0 spiro atoms. The quantitative estimate of drug-likeness (QED) is 0.567. The molecule has 1 aliphatic heterocycles. The predicted octanol–water partition coefficient (Wildman–Crippen LogP) is 3.72. The summed E-state index contributed by atoms with van der Waals surface area (Å²) < 4.78 is 4.69. The molecule has 0 atom stereocenters. The van der Waals surface area contributed by atoms with Crippen molar-refractivity contribution in [3.63, 3.8) is 0 Å². The molecule has 4 nitrogen and oxygen atoms in total. The number of aryl methyl sites for hydroxylation is 2. The van der Waals surface area contributed by atoms with Crippen LogP contribution >= 0.6 is 0 Å². The number of piperidine rings is 1. The SMILES string of the molecule is Cc1ccc(-c2cn3c4ccccc4nc3n2CCC[NH+]2CCCCC2)cc1. The number of likely N-dealkylation sites (tertiary alicyclic amines) is 1. The first kappa shape index (κ1) is 17.5. The highest BCUT2D eigenvalue weighted by molar-refractivity contribution is 5.81. The third-order valence-electron chi connectivity index (χ3n) is 6.18. The highest BCUT2D eigenvalue weighted by Crippen LogP contribution is 2.27. The van der Waals surface area contributed by atoms with Crippen molar-refractivity contribution in [3.05, 3.63) is 60.3 Å². The summed E-state index contributed by atoms with van der Waals surface area (Å²) in [4.78, 5) is 6.74. The number of fused-ring (bicyclic) bond motifs is 3. The maximum absolute atomic E-state index is 4.96. The Hall–Kier alpha value is -2.59. The summed E-state index contributed by atoms with van der Waals surface area (Å²) in [7, 11) is 0. The van der Waals surface area contributed by atoms with E-state index < -0.39 is 0 Å². The average molecular weight is 374 g/mol. The molecule has 2 aromatic carbocycles. The number of nitrogens with zero attached hydrogens (tertiary/aromatic N) is 3. The highest BCUT2D eigenvalue weighted by atomic mass is 15.2. The number of nitrogens with one attached hydrogen (secondary N) is 1. The van der Waals surface area contributed by atoms with Gasteiger partial charge >= 0.3 is 0 Å². The van der Waals surface area contributed by atoms with Crippen LogP contribution in [0.15, 0.2) is 54.7 Å². The molecule has 0 radical (unpaired) electrons. The second-order valence-corrected chi connectivity index (χ2v) is 8.22. The van der Waals surface area contributed by atoms with Gasteiger partial charge in [0.05, 0.1) is 36.4 Å². The molecule has 1 fully saturated rings. The lowest BCUT2D eigenvalue weighted by molar-refractivity contribution is -0.905. The number of hydrogen-bond donors (Lipinski definition) is 1. The third-order valence-corrected chi connectivity index (χ3v) is 6.18. The van der Waals surface area contributed by atoms with E-state index in [-0.39, 0.29) is 0 Å². The van der Waals surface area contributed by atoms with Crippen molar-refractivity contribution in [2.45, 2.75) is 39.2 Å². The molecule has 0 saturated carbocycles. The van der Waals surface area contributed by atoms with Gasteiger partial charge in [-0.05, 0) is 43.9 Å². The van der Waals surface area contributed by atoms with E-state index >= 15 is 0 Å². The Balaban J connectivity index is 1.51. The minimum absolute atomic E-state index is 1.02. The summed E-state index contributed by atoms with van der Waals surface area (Å²) in [6.45, 7) is 7.12. The van der Waals surface area contributed by atoms with E-state index in [1.54, 1.807) is 4.90 Å². The van der Waals surface area contributed by atoms with Crippen LogP contribution in [0, 0.1) is 6.92 Å². The van der Waals surface area contributed by atoms with Crippen LogP contribution in [0.4, 0.5) is 0 Å². The van der Waals surface area contributed by atoms with Crippen molar-refractivity contribution in [1.82, 2.24) is 14.0 Å². The minimum Gasteiger partial charge on any atom is -0.335 e. The summed E-state index contributed by atoms with van der Waals surface area (Å²) in [5, 5.41) is 0. The average Bonchev–Trinajstić information content (AvgIpc) is 3.26. The molecule has 1 N–H and O–H groups in total. The molecule has 4 aromatic rings. The fourth-order valence-electron chi connectivity index (χ4n) is 4.61. The second kappa shape index (κ2) is 7.44. The van der Waals surface area contributed by atoms with Crippen molar-refractivity contribution in [2.75, 3.05) is 19.6 Å². The van der Waals surface area contributed by atoms with Crippen molar-refractivity contribution >= 4 is 16.8 Å². The molecule has 0 bridgehead atoms.